The van der Waals surface area contributed by atoms with Crippen LogP contribution in [-0.4, -0.2) is 16.1 Å². The van der Waals surface area contributed by atoms with E-state index < -0.39 is 5.82 Å². The Balaban J connectivity index is 2.37. The van der Waals surface area contributed by atoms with Gasteiger partial charge in [-0.25, -0.2) is 4.39 Å². The van der Waals surface area contributed by atoms with Gasteiger partial charge in [0.1, 0.15) is 12.0 Å². The number of carbonyl (C=O) groups excluding carboxylic acids is 1. The average molecular weight is 248 g/mol. The maximum Gasteiger partial charge on any atom is 0.171 e. The van der Waals surface area contributed by atoms with Gasteiger partial charge >= 0.3 is 0 Å². The number of hydrogen-bond acceptors (Lipinski definition) is 3. The van der Waals surface area contributed by atoms with E-state index in [1.807, 2.05) is 6.92 Å². The second kappa shape index (κ2) is 4.60. The molecule has 1 aromatic carbocycles. The molecule has 0 N–H and O–H groups in total. The lowest BCUT2D eigenvalue weighted by Gasteiger charge is -2.07. The Kier molecular flexibility index (Phi) is 3.14. The monoisotopic (exact) mass is 248 g/mol. The molecule has 0 bridgehead atoms. The van der Waals surface area contributed by atoms with Gasteiger partial charge in [-0.1, -0.05) is 0 Å². The van der Waals surface area contributed by atoms with Crippen LogP contribution in [0.4, 0.5) is 4.39 Å². The third-order valence-electron chi connectivity index (χ3n) is 2.75. The van der Waals surface area contributed by atoms with E-state index in [1.165, 1.54) is 12.1 Å². The predicted octanol–water partition coefficient (Wildman–Crippen LogP) is 2.78. The largest absolute Gasteiger partial charge is 0.450 e. The fraction of sp³-hybridized carbons (Fsp3) is 0.231. The summed E-state index contributed by atoms with van der Waals surface area (Å²) in [6, 6.07) is 4.08. The Morgan fingerprint density at radius 2 is 2.11 bits per heavy atom. The van der Waals surface area contributed by atoms with Crippen LogP contribution in [-0.2, 0) is 7.05 Å². The summed E-state index contributed by atoms with van der Waals surface area (Å²) in [5.41, 5.74) is 1.78. The highest BCUT2D eigenvalue weighted by Gasteiger charge is 2.14. The van der Waals surface area contributed by atoms with E-state index in [0.29, 0.717) is 17.7 Å². The van der Waals surface area contributed by atoms with E-state index in [4.69, 9.17) is 4.74 Å². The zero-order valence-electron chi connectivity index (χ0n) is 10.4. The first-order valence-electron chi connectivity index (χ1n) is 5.45. The van der Waals surface area contributed by atoms with Gasteiger partial charge in [0, 0.05) is 12.6 Å². The number of carbonyl (C=O) groups is 1. The molecule has 2 aromatic rings. The van der Waals surface area contributed by atoms with Crippen molar-refractivity contribution in [1.82, 2.24) is 9.78 Å². The lowest BCUT2D eigenvalue weighted by molar-refractivity contribution is 0.112. The van der Waals surface area contributed by atoms with E-state index in [9.17, 15) is 9.18 Å². The second-order valence-electron chi connectivity index (χ2n) is 4.03. The van der Waals surface area contributed by atoms with E-state index >= 15 is 0 Å². The van der Waals surface area contributed by atoms with Crippen LogP contribution in [0.15, 0.2) is 18.2 Å². The Morgan fingerprint density at radius 3 is 2.61 bits per heavy atom. The van der Waals surface area contributed by atoms with E-state index in [-0.39, 0.29) is 11.3 Å². The van der Waals surface area contributed by atoms with E-state index in [0.717, 1.165) is 11.8 Å². The molecule has 0 saturated carbocycles. The van der Waals surface area contributed by atoms with Crippen LogP contribution < -0.4 is 4.74 Å². The summed E-state index contributed by atoms with van der Waals surface area (Å²) >= 11 is 0. The fourth-order valence-electron chi connectivity index (χ4n) is 1.69. The molecule has 4 nitrogen and oxygen atoms in total. The Morgan fingerprint density at radius 1 is 1.39 bits per heavy atom. The SMILES string of the molecule is Cc1nn(C)c(C)c1Oc1ccc(C=O)cc1F. The van der Waals surface area contributed by atoms with Crippen molar-refractivity contribution in [3.63, 3.8) is 0 Å². The van der Waals surface area contributed by atoms with Gasteiger partial charge in [0.15, 0.2) is 17.3 Å². The molecule has 0 aliphatic heterocycles. The minimum atomic E-state index is -0.567. The Hall–Kier alpha value is -2.17. The third-order valence-corrected chi connectivity index (χ3v) is 2.75. The Bertz CT molecular complexity index is 605. The highest BCUT2D eigenvalue weighted by molar-refractivity contribution is 5.75. The number of benzene rings is 1. The highest BCUT2D eigenvalue weighted by Crippen LogP contribution is 2.29. The molecule has 0 aliphatic rings. The summed E-state index contributed by atoms with van der Waals surface area (Å²) in [5, 5.41) is 4.18. The van der Waals surface area contributed by atoms with Crippen LogP contribution in [0.1, 0.15) is 21.7 Å². The van der Waals surface area contributed by atoms with Crippen molar-refractivity contribution in [3.05, 3.63) is 41.0 Å². The van der Waals surface area contributed by atoms with Gasteiger partial charge in [0.2, 0.25) is 0 Å². The van der Waals surface area contributed by atoms with Crippen molar-refractivity contribution in [2.24, 2.45) is 7.05 Å². The molecular weight excluding hydrogens is 235 g/mol. The number of aryl methyl sites for hydroxylation is 2. The summed E-state index contributed by atoms with van der Waals surface area (Å²) < 4.78 is 20.9. The van der Waals surface area contributed by atoms with Gasteiger partial charge in [0.05, 0.1) is 5.69 Å². The number of nitrogens with zero attached hydrogens (tertiary/aromatic N) is 2. The quantitative estimate of drug-likeness (QED) is 0.784. The van der Waals surface area contributed by atoms with Gasteiger partial charge in [-0.2, -0.15) is 5.10 Å². The molecule has 5 heteroatoms. The fourth-order valence-corrected chi connectivity index (χ4v) is 1.69. The molecule has 0 radical (unpaired) electrons. The van der Waals surface area contributed by atoms with Crippen LogP contribution >= 0.6 is 0 Å². The summed E-state index contributed by atoms with van der Waals surface area (Å²) in [6.07, 6.45) is 0.591. The zero-order valence-corrected chi connectivity index (χ0v) is 10.4. The van der Waals surface area contributed by atoms with Gasteiger partial charge in [-0.15, -0.1) is 0 Å². The maximum absolute atomic E-state index is 13.7. The first-order chi connectivity index (χ1) is 8.52. The number of aldehydes is 1. The minimum Gasteiger partial charge on any atom is -0.450 e. The van der Waals surface area contributed by atoms with E-state index in [1.54, 1.807) is 18.7 Å². The average Bonchev–Trinajstić information content (AvgIpc) is 2.58. The van der Waals surface area contributed by atoms with Crippen LogP contribution in [0, 0.1) is 19.7 Å². The molecular formula is C13H13FN2O2. The van der Waals surface area contributed by atoms with Crippen molar-refractivity contribution < 1.29 is 13.9 Å². The van der Waals surface area contributed by atoms with Gasteiger partial charge in [-0.05, 0) is 32.0 Å². The second-order valence-corrected chi connectivity index (χ2v) is 4.03. The maximum atomic E-state index is 13.7. The van der Waals surface area contributed by atoms with Crippen molar-refractivity contribution in [3.8, 4) is 11.5 Å². The van der Waals surface area contributed by atoms with Crippen molar-refractivity contribution >= 4 is 6.29 Å². The molecule has 0 fully saturated rings. The molecule has 0 aliphatic carbocycles. The first-order valence-corrected chi connectivity index (χ1v) is 5.45. The number of hydrogen-bond donors (Lipinski definition) is 0. The molecule has 0 spiro atoms. The minimum absolute atomic E-state index is 0.0831. The molecule has 18 heavy (non-hydrogen) atoms. The zero-order chi connectivity index (χ0) is 13.3. The number of rotatable bonds is 3. The van der Waals surface area contributed by atoms with Crippen LogP contribution in [0.5, 0.6) is 11.5 Å². The molecule has 94 valence electrons. The van der Waals surface area contributed by atoms with Gasteiger partial charge in [0.25, 0.3) is 0 Å². The molecule has 0 amide bonds. The van der Waals surface area contributed by atoms with E-state index in [2.05, 4.69) is 5.10 Å². The lowest BCUT2D eigenvalue weighted by atomic mass is 10.2. The molecule has 2 rings (SSSR count). The first kappa shape index (κ1) is 12.3. The summed E-state index contributed by atoms with van der Waals surface area (Å²) in [7, 11) is 1.79. The summed E-state index contributed by atoms with van der Waals surface area (Å²) in [6.45, 7) is 3.63. The summed E-state index contributed by atoms with van der Waals surface area (Å²) in [4.78, 5) is 10.5. The normalized spacial score (nSPS) is 10.4. The molecule has 0 atom stereocenters. The molecule has 0 unspecified atom stereocenters. The smallest absolute Gasteiger partial charge is 0.171 e. The number of aromatic nitrogens is 2. The van der Waals surface area contributed by atoms with Crippen molar-refractivity contribution in [2.45, 2.75) is 13.8 Å². The summed E-state index contributed by atoms with van der Waals surface area (Å²) in [5.74, 6) is 0.0531. The van der Waals surface area contributed by atoms with Gasteiger partial charge < -0.3 is 4.74 Å². The van der Waals surface area contributed by atoms with Crippen LogP contribution in [0.3, 0.4) is 0 Å². The standard InChI is InChI=1S/C13H13FN2O2/c1-8-13(9(2)16(3)15-8)18-12-5-4-10(7-17)6-11(12)14/h4-7H,1-3H3. The third kappa shape index (κ3) is 2.11. The topological polar surface area (TPSA) is 44.1 Å². The highest BCUT2D eigenvalue weighted by atomic mass is 19.1. The Labute approximate surface area is 104 Å². The molecule has 1 aromatic heterocycles. The van der Waals surface area contributed by atoms with Gasteiger partial charge in [-0.3, -0.25) is 9.48 Å². The molecule has 0 saturated heterocycles. The number of halogens is 1. The predicted molar refractivity (Wildman–Crippen MR) is 64.5 cm³/mol. The number of ether oxygens (including phenoxy) is 1. The van der Waals surface area contributed by atoms with Crippen molar-refractivity contribution in [2.75, 3.05) is 0 Å². The van der Waals surface area contributed by atoms with Crippen molar-refractivity contribution in [1.29, 1.82) is 0 Å². The molecule has 1 heterocycles. The van der Waals surface area contributed by atoms with Crippen LogP contribution in [0.2, 0.25) is 0 Å². The van der Waals surface area contributed by atoms with Crippen LogP contribution in [0.25, 0.3) is 0 Å². The lowest BCUT2D eigenvalue weighted by Crippen LogP contribution is -1.94.